The van der Waals surface area contributed by atoms with Crippen molar-refractivity contribution in [2.24, 2.45) is 0 Å². The summed E-state index contributed by atoms with van der Waals surface area (Å²) in [5.74, 6) is -0.203. The maximum Gasteiger partial charge on any atom is 0.332 e. The monoisotopic (exact) mass is 385 g/mol. The van der Waals surface area contributed by atoms with E-state index in [0.717, 1.165) is 5.56 Å². The Morgan fingerprint density at radius 2 is 1.52 bits per heavy atom. The average Bonchev–Trinajstić information content (AvgIpc) is 2.78. The van der Waals surface area contributed by atoms with Gasteiger partial charge >= 0.3 is 5.69 Å². The van der Waals surface area contributed by atoms with Crippen LogP contribution >= 0.6 is 0 Å². The second kappa shape index (κ2) is 8.06. The molecule has 0 spiro atoms. The number of carbonyl (C=O) groups excluding carboxylic acids is 1. The van der Waals surface area contributed by atoms with E-state index >= 15 is 0 Å². The first-order valence-corrected chi connectivity index (χ1v) is 9.35. The fourth-order valence-corrected chi connectivity index (χ4v) is 3.34. The Bertz CT molecular complexity index is 1280. The summed E-state index contributed by atoms with van der Waals surface area (Å²) in [6.45, 7) is 0.0599. The maximum atomic E-state index is 13.1. The zero-order chi connectivity index (χ0) is 20.2. The minimum Gasteiger partial charge on any atom is -0.292 e. The van der Waals surface area contributed by atoms with Crippen LogP contribution in [0, 0.1) is 0 Å². The van der Waals surface area contributed by atoms with Gasteiger partial charge in [-0.2, -0.15) is 0 Å². The molecule has 6 heteroatoms. The number of ketones is 1. The summed E-state index contributed by atoms with van der Waals surface area (Å²) >= 11 is 0. The number of carbonyl (C=O) groups is 1. The molecule has 29 heavy (non-hydrogen) atoms. The van der Waals surface area contributed by atoms with E-state index in [4.69, 9.17) is 0 Å². The fourth-order valence-electron chi connectivity index (χ4n) is 3.34. The summed E-state index contributed by atoms with van der Waals surface area (Å²) in [4.78, 5) is 42.9. The molecule has 0 atom stereocenters. The predicted octanol–water partition coefficient (Wildman–Crippen LogP) is 2.68. The number of Topliss-reactive ketones (excluding diaryl/α,β-unsaturated/α-hetero) is 1. The van der Waals surface area contributed by atoms with Crippen molar-refractivity contribution in [1.29, 1.82) is 0 Å². The molecule has 0 radical (unpaired) electrons. The van der Waals surface area contributed by atoms with Gasteiger partial charge in [-0.05, 0) is 24.1 Å². The molecule has 2 aromatic carbocycles. The predicted molar refractivity (Wildman–Crippen MR) is 111 cm³/mol. The van der Waals surface area contributed by atoms with Crippen molar-refractivity contribution in [2.75, 3.05) is 0 Å². The molecule has 0 N–H and O–H groups in total. The van der Waals surface area contributed by atoms with Gasteiger partial charge in [-0.3, -0.25) is 18.7 Å². The number of pyridine rings is 1. The second-order valence-electron chi connectivity index (χ2n) is 6.72. The zero-order valence-electron chi connectivity index (χ0n) is 15.7. The first-order chi connectivity index (χ1) is 14.1. The Hall–Kier alpha value is -3.80. The highest BCUT2D eigenvalue weighted by Gasteiger charge is 2.16. The number of aryl methyl sites for hydroxylation is 1. The molecule has 0 unspecified atom stereocenters. The molecule has 0 amide bonds. The van der Waals surface area contributed by atoms with E-state index < -0.39 is 11.2 Å². The van der Waals surface area contributed by atoms with Gasteiger partial charge in [0, 0.05) is 18.3 Å². The van der Waals surface area contributed by atoms with Crippen molar-refractivity contribution in [2.45, 2.75) is 19.5 Å². The molecular weight excluding hydrogens is 366 g/mol. The first-order valence-electron chi connectivity index (χ1n) is 9.35. The van der Waals surface area contributed by atoms with Gasteiger partial charge in [-0.1, -0.05) is 60.7 Å². The quantitative estimate of drug-likeness (QED) is 0.478. The fraction of sp³-hybridized carbons (Fsp3) is 0.130. The molecule has 4 aromatic rings. The number of hydrogen-bond donors (Lipinski definition) is 0. The number of rotatable bonds is 6. The van der Waals surface area contributed by atoms with E-state index in [2.05, 4.69) is 4.98 Å². The van der Waals surface area contributed by atoms with E-state index in [-0.39, 0.29) is 24.4 Å². The van der Waals surface area contributed by atoms with Gasteiger partial charge in [0.2, 0.25) is 0 Å². The van der Waals surface area contributed by atoms with Gasteiger partial charge in [0.15, 0.2) is 11.3 Å². The van der Waals surface area contributed by atoms with E-state index in [9.17, 15) is 14.4 Å². The van der Waals surface area contributed by atoms with Crippen LogP contribution in [0.4, 0.5) is 0 Å². The van der Waals surface area contributed by atoms with Gasteiger partial charge in [-0.15, -0.1) is 0 Å². The maximum absolute atomic E-state index is 13.1. The third-order valence-electron chi connectivity index (χ3n) is 4.85. The van der Waals surface area contributed by atoms with Crippen LogP contribution in [0.2, 0.25) is 0 Å². The average molecular weight is 385 g/mol. The Morgan fingerprint density at radius 3 is 2.24 bits per heavy atom. The largest absolute Gasteiger partial charge is 0.332 e. The third kappa shape index (κ3) is 3.78. The zero-order valence-corrected chi connectivity index (χ0v) is 15.7. The lowest BCUT2D eigenvalue weighted by molar-refractivity contribution is 0.0971. The van der Waals surface area contributed by atoms with Crippen LogP contribution in [0.5, 0.6) is 0 Å². The standard InChI is InChI=1S/C23H19N3O3/c27-20(18-10-5-2-6-11-18)16-26-19-12-7-14-24-21(19)22(28)25(23(26)29)15-13-17-8-3-1-4-9-17/h1-12,14H,13,15-16H2. The van der Waals surface area contributed by atoms with E-state index in [0.29, 0.717) is 17.5 Å². The molecule has 0 bridgehead atoms. The molecular formula is C23H19N3O3. The van der Waals surface area contributed by atoms with Crippen molar-refractivity contribution in [3.05, 3.63) is 111 Å². The Kier molecular flexibility index (Phi) is 5.16. The molecule has 6 nitrogen and oxygen atoms in total. The number of fused-ring (bicyclic) bond motifs is 1. The number of benzene rings is 2. The van der Waals surface area contributed by atoms with Crippen molar-refractivity contribution in [1.82, 2.24) is 14.1 Å². The summed E-state index contributed by atoms with van der Waals surface area (Å²) < 4.78 is 2.50. The molecule has 0 fully saturated rings. The first kappa shape index (κ1) is 18.6. The molecule has 0 aliphatic carbocycles. The van der Waals surface area contributed by atoms with Gasteiger partial charge in [0.25, 0.3) is 5.56 Å². The van der Waals surface area contributed by atoms with Gasteiger partial charge in [-0.25, -0.2) is 9.78 Å². The van der Waals surface area contributed by atoms with Crippen molar-refractivity contribution in [3.63, 3.8) is 0 Å². The minimum absolute atomic E-state index is 0.156. The van der Waals surface area contributed by atoms with E-state index in [1.165, 1.54) is 15.3 Å². The molecule has 0 aliphatic rings. The summed E-state index contributed by atoms with van der Waals surface area (Å²) in [5.41, 5.74) is 1.13. The molecule has 0 saturated carbocycles. The van der Waals surface area contributed by atoms with Gasteiger partial charge in [0.05, 0.1) is 12.1 Å². The Balaban J connectivity index is 1.78. The van der Waals surface area contributed by atoms with Crippen molar-refractivity contribution in [3.8, 4) is 0 Å². The molecule has 144 valence electrons. The SMILES string of the molecule is O=C(Cn1c(=O)n(CCc2ccccc2)c(=O)c2ncccc21)c1ccccc1. The third-order valence-corrected chi connectivity index (χ3v) is 4.85. The normalized spacial score (nSPS) is 10.9. The lowest BCUT2D eigenvalue weighted by Crippen LogP contribution is -2.41. The van der Waals surface area contributed by atoms with E-state index in [1.54, 1.807) is 36.4 Å². The number of hydrogen-bond acceptors (Lipinski definition) is 4. The van der Waals surface area contributed by atoms with Crippen LogP contribution in [0.25, 0.3) is 11.0 Å². The van der Waals surface area contributed by atoms with Crippen LogP contribution in [-0.4, -0.2) is 19.9 Å². The van der Waals surface area contributed by atoms with Crippen LogP contribution in [0.1, 0.15) is 15.9 Å². The highest BCUT2D eigenvalue weighted by Crippen LogP contribution is 2.08. The Labute approximate surface area is 166 Å². The van der Waals surface area contributed by atoms with Gasteiger partial charge in [0.1, 0.15) is 0 Å². The lowest BCUT2D eigenvalue weighted by atomic mass is 10.1. The highest BCUT2D eigenvalue weighted by atomic mass is 16.2. The summed E-state index contributed by atoms with van der Waals surface area (Å²) in [7, 11) is 0. The number of aromatic nitrogens is 3. The lowest BCUT2D eigenvalue weighted by Gasteiger charge is -2.13. The smallest absolute Gasteiger partial charge is 0.292 e. The minimum atomic E-state index is -0.504. The van der Waals surface area contributed by atoms with Crippen molar-refractivity contribution >= 4 is 16.8 Å². The summed E-state index contributed by atoms with van der Waals surface area (Å²) in [5, 5.41) is 0. The molecule has 2 heterocycles. The van der Waals surface area contributed by atoms with Crippen LogP contribution < -0.4 is 11.2 Å². The van der Waals surface area contributed by atoms with Crippen LogP contribution in [-0.2, 0) is 19.5 Å². The van der Waals surface area contributed by atoms with Gasteiger partial charge < -0.3 is 0 Å². The highest BCUT2D eigenvalue weighted by molar-refractivity contribution is 5.96. The second-order valence-corrected chi connectivity index (χ2v) is 6.72. The summed E-state index contributed by atoms with van der Waals surface area (Å²) in [6, 6.07) is 21.7. The molecule has 4 rings (SSSR count). The number of nitrogens with zero attached hydrogens (tertiary/aromatic N) is 3. The topological polar surface area (TPSA) is 74.0 Å². The van der Waals surface area contributed by atoms with Crippen LogP contribution in [0.3, 0.4) is 0 Å². The molecule has 0 saturated heterocycles. The summed E-state index contributed by atoms with van der Waals surface area (Å²) in [6.07, 6.45) is 2.04. The van der Waals surface area contributed by atoms with E-state index in [1.807, 2.05) is 36.4 Å². The van der Waals surface area contributed by atoms with Crippen LogP contribution in [0.15, 0.2) is 88.6 Å². The van der Waals surface area contributed by atoms with Crippen molar-refractivity contribution < 1.29 is 4.79 Å². The molecule has 0 aliphatic heterocycles. The Morgan fingerprint density at radius 1 is 0.828 bits per heavy atom. The molecule has 2 aromatic heterocycles.